The number of nitrogens with two attached hydrogens (primary N) is 1. The van der Waals surface area contributed by atoms with Crippen molar-refractivity contribution in [2.45, 2.75) is 0 Å². The zero-order valence-electron chi connectivity index (χ0n) is 4.90. The second-order valence-electron chi connectivity index (χ2n) is 1.61. The molecule has 0 unspecified atom stereocenters. The van der Waals surface area contributed by atoms with E-state index in [0.717, 1.165) is 0 Å². The van der Waals surface area contributed by atoms with Crippen molar-refractivity contribution in [3.05, 3.63) is 16.8 Å². The molecule has 0 saturated heterocycles. The molecule has 0 aliphatic rings. The maximum absolute atomic E-state index is 10.6. The molecule has 1 aromatic heterocycles. The highest BCUT2D eigenvalue weighted by Gasteiger charge is 1.89. The van der Waals surface area contributed by atoms with Gasteiger partial charge in [0.25, 0.3) is 0 Å². The minimum atomic E-state index is -0.387. The second kappa shape index (κ2) is 1.85. The van der Waals surface area contributed by atoms with Gasteiger partial charge < -0.3 is 5.73 Å². The predicted molar refractivity (Wildman–Crippen MR) is 31.7 cm³/mol. The van der Waals surface area contributed by atoms with Crippen LogP contribution in [0.15, 0.2) is 11.1 Å². The molecule has 5 heteroatoms. The first-order chi connectivity index (χ1) is 4.20. The number of anilines is 1. The number of hydrogen-bond acceptors (Lipinski definition) is 4. The monoisotopic (exact) mass is 126 g/mol. The molecule has 0 aliphatic carbocycles. The fraction of sp³-hybridized carbons (Fsp3) is 0.250. The molecule has 0 aromatic carbocycles. The van der Waals surface area contributed by atoms with E-state index in [4.69, 9.17) is 5.73 Å². The normalized spacial score (nSPS) is 9.44. The Labute approximate surface area is 51.2 Å². The molecular formula is C4H6N4O. The molecule has 48 valence electrons. The molecule has 0 saturated carbocycles. The lowest BCUT2D eigenvalue weighted by Crippen LogP contribution is -2.21. The van der Waals surface area contributed by atoms with Gasteiger partial charge in [-0.25, -0.2) is 9.78 Å². The van der Waals surface area contributed by atoms with Crippen molar-refractivity contribution in [1.82, 2.24) is 14.5 Å². The van der Waals surface area contributed by atoms with Crippen molar-refractivity contribution in [3.63, 3.8) is 0 Å². The Morgan fingerprint density at radius 1 is 1.78 bits per heavy atom. The molecule has 1 heterocycles. The Hall–Kier alpha value is -1.39. The van der Waals surface area contributed by atoms with E-state index in [-0.39, 0.29) is 11.6 Å². The van der Waals surface area contributed by atoms with Crippen LogP contribution in [0.1, 0.15) is 0 Å². The fourth-order valence-corrected chi connectivity index (χ4v) is 0.401. The van der Waals surface area contributed by atoms with E-state index >= 15 is 0 Å². The molecule has 5 nitrogen and oxygen atoms in total. The molecule has 0 bridgehead atoms. The van der Waals surface area contributed by atoms with E-state index < -0.39 is 0 Å². The van der Waals surface area contributed by atoms with Crippen LogP contribution in [0.4, 0.5) is 5.95 Å². The summed E-state index contributed by atoms with van der Waals surface area (Å²) < 4.78 is 1.25. The molecular weight excluding hydrogens is 120 g/mol. The molecule has 1 rings (SSSR count). The maximum atomic E-state index is 10.6. The van der Waals surface area contributed by atoms with Crippen molar-refractivity contribution in [3.8, 4) is 0 Å². The van der Waals surface area contributed by atoms with E-state index in [1.54, 1.807) is 7.05 Å². The average Bonchev–Trinajstić information content (AvgIpc) is 1.80. The summed E-state index contributed by atoms with van der Waals surface area (Å²) in [6.07, 6.45) is 1.32. The summed E-state index contributed by atoms with van der Waals surface area (Å²) in [6.45, 7) is 0. The standard InChI is InChI=1S/C4H6N4O/c1-8-2-6-3(5)7-4(8)9/h2H,1H3,(H2,5,7,9). The van der Waals surface area contributed by atoms with Gasteiger partial charge in [-0.05, 0) is 0 Å². The van der Waals surface area contributed by atoms with Gasteiger partial charge in [0, 0.05) is 7.05 Å². The van der Waals surface area contributed by atoms with Crippen LogP contribution in [0.2, 0.25) is 0 Å². The van der Waals surface area contributed by atoms with Gasteiger partial charge in [-0.2, -0.15) is 4.98 Å². The molecule has 0 spiro atoms. The van der Waals surface area contributed by atoms with E-state index in [9.17, 15) is 4.79 Å². The highest BCUT2D eigenvalue weighted by atomic mass is 16.1. The van der Waals surface area contributed by atoms with Gasteiger partial charge in [-0.1, -0.05) is 0 Å². The molecule has 0 fully saturated rings. The Balaban J connectivity index is 3.34. The fourth-order valence-electron chi connectivity index (χ4n) is 0.401. The maximum Gasteiger partial charge on any atom is 0.351 e. The van der Waals surface area contributed by atoms with Crippen LogP contribution < -0.4 is 11.4 Å². The van der Waals surface area contributed by atoms with Crippen molar-refractivity contribution in [1.29, 1.82) is 0 Å². The summed E-state index contributed by atoms with van der Waals surface area (Å²) in [7, 11) is 1.56. The Bertz CT molecular complexity index is 266. The molecule has 9 heavy (non-hydrogen) atoms. The Morgan fingerprint density at radius 2 is 2.44 bits per heavy atom. The molecule has 0 aliphatic heterocycles. The van der Waals surface area contributed by atoms with E-state index in [1.807, 2.05) is 0 Å². The zero-order chi connectivity index (χ0) is 6.85. The highest BCUT2D eigenvalue weighted by Crippen LogP contribution is 1.76. The smallest absolute Gasteiger partial charge is 0.351 e. The van der Waals surface area contributed by atoms with E-state index in [0.29, 0.717) is 0 Å². The number of aryl methyl sites for hydroxylation is 1. The predicted octanol–water partition coefficient (Wildman–Crippen LogP) is -1.24. The second-order valence-corrected chi connectivity index (χ2v) is 1.61. The first-order valence-electron chi connectivity index (χ1n) is 2.35. The summed E-state index contributed by atoms with van der Waals surface area (Å²) in [5, 5.41) is 0. The SMILES string of the molecule is Cn1cnc(N)nc1=O. The van der Waals surface area contributed by atoms with Crippen LogP contribution in [0.3, 0.4) is 0 Å². The van der Waals surface area contributed by atoms with Gasteiger partial charge in [0.05, 0.1) is 0 Å². The lowest BCUT2D eigenvalue weighted by molar-refractivity contribution is 0.777. The number of aromatic nitrogens is 3. The summed E-state index contributed by atoms with van der Waals surface area (Å²) >= 11 is 0. The topological polar surface area (TPSA) is 73.8 Å². The third-order valence-corrected chi connectivity index (χ3v) is 0.875. The van der Waals surface area contributed by atoms with Crippen LogP contribution >= 0.6 is 0 Å². The first kappa shape index (κ1) is 5.74. The summed E-state index contributed by atoms with van der Waals surface area (Å²) in [5.74, 6) is 0.0121. The molecule has 0 amide bonds. The number of hydrogen-bond donors (Lipinski definition) is 1. The average molecular weight is 126 g/mol. The molecule has 2 N–H and O–H groups in total. The van der Waals surface area contributed by atoms with Crippen molar-refractivity contribution < 1.29 is 0 Å². The number of nitrogens with zero attached hydrogens (tertiary/aromatic N) is 3. The third kappa shape index (κ3) is 1.04. The Morgan fingerprint density at radius 3 is 2.89 bits per heavy atom. The van der Waals surface area contributed by atoms with Crippen LogP contribution in [0, 0.1) is 0 Å². The quantitative estimate of drug-likeness (QED) is 0.471. The lowest BCUT2D eigenvalue weighted by Gasteiger charge is -1.91. The van der Waals surface area contributed by atoms with Gasteiger partial charge >= 0.3 is 5.69 Å². The van der Waals surface area contributed by atoms with Gasteiger partial charge in [0.1, 0.15) is 6.33 Å². The van der Waals surface area contributed by atoms with Crippen molar-refractivity contribution in [2.75, 3.05) is 5.73 Å². The summed E-state index contributed by atoms with van der Waals surface area (Å²) in [4.78, 5) is 17.5. The summed E-state index contributed by atoms with van der Waals surface area (Å²) in [6, 6.07) is 0. The lowest BCUT2D eigenvalue weighted by atomic mass is 10.9. The highest BCUT2D eigenvalue weighted by molar-refractivity contribution is 5.09. The van der Waals surface area contributed by atoms with Gasteiger partial charge in [0.15, 0.2) is 0 Å². The molecule has 1 aromatic rings. The van der Waals surface area contributed by atoms with Gasteiger partial charge in [-0.15, -0.1) is 0 Å². The van der Waals surface area contributed by atoms with Crippen molar-refractivity contribution in [2.24, 2.45) is 7.05 Å². The van der Waals surface area contributed by atoms with Crippen LogP contribution in [0.5, 0.6) is 0 Å². The van der Waals surface area contributed by atoms with E-state index in [2.05, 4.69) is 9.97 Å². The number of nitrogen functional groups attached to an aromatic ring is 1. The van der Waals surface area contributed by atoms with Crippen LogP contribution in [0.25, 0.3) is 0 Å². The molecule has 0 atom stereocenters. The minimum Gasteiger partial charge on any atom is -0.368 e. The third-order valence-electron chi connectivity index (χ3n) is 0.875. The number of rotatable bonds is 0. The first-order valence-corrected chi connectivity index (χ1v) is 2.35. The summed E-state index contributed by atoms with van der Waals surface area (Å²) in [5.41, 5.74) is 4.71. The van der Waals surface area contributed by atoms with Crippen LogP contribution in [-0.2, 0) is 7.05 Å². The van der Waals surface area contributed by atoms with Crippen LogP contribution in [-0.4, -0.2) is 14.5 Å². The zero-order valence-corrected chi connectivity index (χ0v) is 4.90. The Kier molecular flexibility index (Phi) is 1.18. The van der Waals surface area contributed by atoms with Gasteiger partial charge in [0.2, 0.25) is 5.95 Å². The van der Waals surface area contributed by atoms with Gasteiger partial charge in [-0.3, -0.25) is 4.57 Å². The van der Waals surface area contributed by atoms with E-state index in [1.165, 1.54) is 10.9 Å². The van der Waals surface area contributed by atoms with Crippen molar-refractivity contribution >= 4 is 5.95 Å². The largest absolute Gasteiger partial charge is 0.368 e. The molecule has 0 radical (unpaired) electrons. The minimum absolute atomic E-state index is 0.0121.